The summed E-state index contributed by atoms with van der Waals surface area (Å²) >= 11 is 0. The Morgan fingerprint density at radius 3 is 0.907 bits per heavy atom. The number of carbonyl (C=O) groups is 1. The summed E-state index contributed by atoms with van der Waals surface area (Å²) in [6, 6.07) is 53.8. The molecule has 1 nitrogen and oxygen atoms in total. The summed E-state index contributed by atoms with van der Waals surface area (Å²) < 4.78 is 0. The monoisotopic (exact) mass is 548 g/mol. The second kappa shape index (κ2) is 10.1. The van der Waals surface area contributed by atoms with Crippen molar-refractivity contribution >= 4 is 48.9 Å². The van der Waals surface area contributed by atoms with Gasteiger partial charge in [-0.2, -0.15) is 0 Å². The molecule has 0 spiro atoms. The number of ketones is 1. The standard InChI is InChI=1S/C42H28O/c1-27(43)39-31-15-5-7-17-33(31)41(34-18-8-6-16-32(34)39)29-23-25-30(26-24-29)42-37-21-11-9-19-35(37)40(28-13-3-2-4-14-28)36-20-10-12-22-38(36)42/h2-26H,1H3. The molecule has 0 aromatic heterocycles. The second-order valence-electron chi connectivity index (χ2n) is 11.2. The van der Waals surface area contributed by atoms with Crippen molar-refractivity contribution in [2.75, 3.05) is 0 Å². The van der Waals surface area contributed by atoms with E-state index in [0.717, 1.165) is 38.2 Å². The minimum Gasteiger partial charge on any atom is -0.294 e. The molecular weight excluding hydrogens is 520 g/mol. The first-order valence-corrected chi connectivity index (χ1v) is 14.7. The summed E-state index contributed by atoms with van der Waals surface area (Å²) in [5.74, 6) is 0.0898. The fourth-order valence-electron chi connectivity index (χ4n) is 6.98. The van der Waals surface area contributed by atoms with Gasteiger partial charge in [0.25, 0.3) is 0 Å². The molecule has 0 aliphatic heterocycles. The maximum absolute atomic E-state index is 12.9. The molecule has 0 saturated heterocycles. The van der Waals surface area contributed by atoms with Crippen LogP contribution in [-0.4, -0.2) is 5.78 Å². The number of carbonyl (C=O) groups excluding carboxylic acids is 1. The van der Waals surface area contributed by atoms with Gasteiger partial charge >= 0.3 is 0 Å². The lowest BCUT2D eigenvalue weighted by atomic mass is 9.84. The fourth-order valence-corrected chi connectivity index (χ4v) is 6.98. The molecule has 43 heavy (non-hydrogen) atoms. The molecule has 0 atom stereocenters. The number of hydrogen-bond acceptors (Lipinski definition) is 1. The molecular formula is C42H28O. The Morgan fingerprint density at radius 2 is 0.581 bits per heavy atom. The van der Waals surface area contributed by atoms with Gasteiger partial charge in [0.2, 0.25) is 0 Å². The fraction of sp³-hybridized carbons (Fsp3) is 0.0238. The minimum atomic E-state index is 0.0898. The molecule has 0 aliphatic rings. The van der Waals surface area contributed by atoms with Gasteiger partial charge in [-0.05, 0) is 83.4 Å². The normalized spacial score (nSPS) is 11.5. The third-order valence-corrected chi connectivity index (χ3v) is 8.74. The van der Waals surface area contributed by atoms with Crippen molar-refractivity contribution in [2.45, 2.75) is 6.92 Å². The smallest absolute Gasteiger partial charge is 0.161 e. The molecule has 0 radical (unpaired) electrons. The zero-order chi connectivity index (χ0) is 28.9. The lowest BCUT2D eigenvalue weighted by molar-refractivity contribution is 0.102. The van der Waals surface area contributed by atoms with Gasteiger partial charge in [-0.25, -0.2) is 0 Å². The Balaban J connectivity index is 1.39. The van der Waals surface area contributed by atoms with Crippen LogP contribution in [0, 0.1) is 0 Å². The summed E-state index contributed by atoms with van der Waals surface area (Å²) in [6.45, 7) is 1.67. The molecule has 0 amide bonds. The highest BCUT2D eigenvalue weighted by atomic mass is 16.1. The molecule has 0 unspecified atom stereocenters. The van der Waals surface area contributed by atoms with Crippen LogP contribution >= 0.6 is 0 Å². The maximum atomic E-state index is 12.9. The van der Waals surface area contributed by atoms with Gasteiger partial charge in [0.15, 0.2) is 5.78 Å². The van der Waals surface area contributed by atoms with Crippen molar-refractivity contribution in [3.8, 4) is 33.4 Å². The van der Waals surface area contributed by atoms with Crippen molar-refractivity contribution in [1.82, 2.24) is 0 Å². The number of Topliss-reactive ketones (excluding diaryl/α,β-unsaturated/α-hetero) is 1. The molecule has 0 N–H and O–H groups in total. The summed E-state index contributed by atoms with van der Waals surface area (Å²) in [7, 11) is 0. The molecule has 202 valence electrons. The molecule has 0 bridgehead atoms. The number of benzene rings is 8. The molecule has 0 saturated carbocycles. The molecule has 1 heteroatoms. The summed E-state index contributed by atoms with van der Waals surface area (Å²) in [4.78, 5) is 12.9. The predicted octanol–water partition coefficient (Wildman–Crippen LogP) is 11.5. The number of fused-ring (bicyclic) bond motifs is 4. The quantitative estimate of drug-likeness (QED) is 0.158. The maximum Gasteiger partial charge on any atom is 0.161 e. The van der Waals surface area contributed by atoms with Crippen molar-refractivity contribution in [1.29, 1.82) is 0 Å². The Labute approximate surface area is 250 Å². The molecule has 0 heterocycles. The Morgan fingerprint density at radius 1 is 0.326 bits per heavy atom. The first kappa shape index (κ1) is 25.2. The van der Waals surface area contributed by atoms with E-state index in [2.05, 4.69) is 140 Å². The van der Waals surface area contributed by atoms with Gasteiger partial charge in [0, 0.05) is 5.56 Å². The van der Waals surface area contributed by atoms with Crippen molar-refractivity contribution < 1.29 is 4.79 Å². The van der Waals surface area contributed by atoms with E-state index in [1.165, 1.54) is 43.8 Å². The summed E-state index contributed by atoms with van der Waals surface area (Å²) in [5, 5.41) is 9.20. The molecule has 0 aliphatic carbocycles. The number of rotatable bonds is 4. The van der Waals surface area contributed by atoms with Crippen LogP contribution in [-0.2, 0) is 0 Å². The highest BCUT2D eigenvalue weighted by Crippen LogP contribution is 2.45. The Hall–Kier alpha value is -5.53. The van der Waals surface area contributed by atoms with E-state index in [9.17, 15) is 4.79 Å². The molecule has 8 aromatic carbocycles. The molecule has 0 fully saturated rings. The van der Waals surface area contributed by atoms with E-state index >= 15 is 0 Å². The van der Waals surface area contributed by atoms with Crippen LogP contribution < -0.4 is 0 Å². The van der Waals surface area contributed by atoms with Gasteiger partial charge in [-0.15, -0.1) is 0 Å². The van der Waals surface area contributed by atoms with Crippen LogP contribution in [0.2, 0.25) is 0 Å². The largest absolute Gasteiger partial charge is 0.294 e. The Kier molecular flexibility index (Phi) is 5.91. The van der Waals surface area contributed by atoms with Crippen LogP contribution in [0.15, 0.2) is 152 Å². The summed E-state index contributed by atoms with van der Waals surface area (Å²) in [5.41, 5.74) is 8.03. The Bertz CT molecular complexity index is 2230. The van der Waals surface area contributed by atoms with Crippen molar-refractivity contribution in [2.24, 2.45) is 0 Å². The van der Waals surface area contributed by atoms with Gasteiger partial charge in [-0.1, -0.05) is 152 Å². The van der Waals surface area contributed by atoms with E-state index < -0.39 is 0 Å². The average molecular weight is 549 g/mol. The second-order valence-corrected chi connectivity index (χ2v) is 11.2. The average Bonchev–Trinajstić information content (AvgIpc) is 3.06. The summed E-state index contributed by atoms with van der Waals surface area (Å²) in [6.07, 6.45) is 0. The van der Waals surface area contributed by atoms with E-state index in [0.29, 0.717) is 0 Å². The SMILES string of the molecule is CC(=O)c1c2ccccc2c(-c2ccc(-c3c4ccccc4c(-c4ccccc4)c4ccccc34)cc2)c2ccccc12. The highest BCUT2D eigenvalue weighted by molar-refractivity contribution is 6.25. The van der Waals surface area contributed by atoms with Gasteiger partial charge in [0.05, 0.1) is 0 Å². The van der Waals surface area contributed by atoms with Crippen LogP contribution in [0.5, 0.6) is 0 Å². The van der Waals surface area contributed by atoms with Gasteiger partial charge in [0.1, 0.15) is 0 Å². The van der Waals surface area contributed by atoms with E-state index in [1.54, 1.807) is 6.92 Å². The van der Waals surface area contributed by atoms with Crippen LogP contribution in [0.4, 0.5) is 0 Å². The van der Waals surface area contributed by atoms with Gasteiger partial charge < -0.3 is 0 Å². The molecule has 8 aromatic rings. The first-order chi connectivity index (χ1) is 21.2. The van der Waals surface area contributed by atoms with Crippen LogP contribution in [0.3, 0.4) is 0 Å². The highest BCUT2D eigenvalue weighted by Gasteiger charge is 2.19. The van der Waals surface area contributed by atoms with Crippen LogP contribution in [0.25, 0.3) is 76.5 Å². The van der Waals surface area contributed by atoms with E-state index in [4.69, 9.17) is 0 Å². The van der Waals surface area contributed by atoms with Crippen LogP contribution in [0.1, 0.15) is 17.3 Å². The topological polar surface area (TPSA) is 17.1 Å². The van der Waals surface area contributed by atoms with E-state index in [1.807, 2.05) is 12.1 Å². The predicted molar refractivity (Wildman–Crippen MR) is 183 cm³/mol. The van der Waals surface area contributed by atoms with Crippen molar-refractivity contribution in [3.05, 3.63) is 157 Å². The lowest BCUT2D eigenvalue weighted by Crippen LogP contribution is -1.98. The minimum absolute atomic E-state index is 0.0898. The third kappa shape index (κ3) is 3.97. The zero-order valence-corrected chi connectivity index (χ0v) is 23.8. The molecule has 8 rings (SSSR count). The lowest BCUT2D eigenvalue weighted by Gasteiger charge is -2.18. The number of hydrogen-bond donors (Lipinski definition) is 0. The van der Waals surface area contributed by atoms with Crippen molar-refractivity contribution in [3.63, 3.8) is 0 Å². The van der Waals surface area contributed by atoms with E-state index in [-0.39, 0.29) is 5.78 Å². The van der Waals surface area contributed by atoms with Gasteiger partial charge in [-0.3, -0.25) is 4.79 Å². The third-order valence-electron chi connectivity index (χ3n) is 8.74. The first-order valence-electron chi connectivity index (χ1n) is 14.7. The zero-order valence-electron chi connectivity index (χ0n) is 23.8.